The van der Waals surface area contributed by atoms with Crippen molar-refractivity contribution in [3.63, 3.8) is 0 Å². The van der Waals surface area contributed by atoms with Gasteiger partial charge in [-0.25, -0.2) is 0 Å². The Morgan fingerprint density at radius 1 is 1.41 bits per heavy atom. The maximum absolute atomic E-state index is 11.9. The zero-order valence-electron chi connectivity index (χ0n) is 12.3. The number of para-hydroxylation sites is 1. The van der Waals surface area contributed by atoms with Crippen LogP contribution in [0.5, 0.6) is 0 Å². The summed E-state index contributed by atoms with van der Waals surface area (Å²) in [7, 11) is 0. The number of amides is 1. The third kappa shape index (κ3) is 3.01. The number of aliphatic hydroxyl groups is 1. The second kappa shape index (κ2) is 6.03. The van der Waals surface area contributed by atoms with Gasteiger partial charge in [-0.15, -0.1) is 0 Å². The quantitative estimate of drug-likeness (QED) is 0.668. The molecule has 3 aromatic rings. The summed E-state index contributed by atoms with van der Waals surface area (Å²) >= 11 is 0. The number of nitrogens with zero attached hydrogens (tertiary/aromatic N) is 2. The Balaban J connectivity index is 1.73. The lowest BCUT2D eigenvalue weighted by atomic mass is 10.2. The molecule has 2 heterocycles. The highest BCUT2D eigenvalue weighted by Crippen LogP contribution is 2.16. The second-order valence-electron chi connectivity index (χ2n) is 5.34. The minimum absolute atomic E-state index is 0.212. The van der Waals surface area contributed by atoms with Crippen LogP contribution in [0.25, 0.3) is 10.9 Å². The summed E-state index contributed by atoms with van der Waals surface area (Å²) < 4.78 is 2.10. The number of benzene rings is 1. The molecule has 0 aliphatic carbocycles. The predicted octanol–water partition coefficient (Wildman–Crippen LogP) is 1.52. The van der Waals surface area contributed by atoms with E-state index in [2.05, 4.69) is 38.3 Å². The Labute approximate surface area is 127 Å². The van der Waals surface area contributed by atoms with E-state index in [0.29, 0.717) is 12.2 Å². The Kier molecular flexibility index (Phi) is 3.93. The molecule has 3 rings (SSSR count). The molecule has 0 aliphatic rings. The molecule has 0 saturated heterocycles. The van der Waals surface area contributed by atoms with Gasteiger partial charge in [0.1, 0.15) is 5.69 Å². The number of carbonyl (C=O) groups is 1. The molecule has 2 aromatic heterocycles. The molecule has 6 heteroatoms. The number of fused-ring (bicyclic) bond motifs is 1. The smallest absolute Gasteiger partial charge is 0.271 e. The van der Waals surface area contributed by atoms with Gasteiger partial charge in [-0.1, -0.05) is 18.2 Å². The van der Waals surface area contributed by atoms with E-state index in [1.54, 1.807) is 13.0 Å². The third-order valence-electron chi connectivity index (χ3n) is 3.44. The van der Waals surface area contributed by atoms with Crippen molar-refractivity contribution in [2.24, 2.45) is 0 Å². The van der Waals surface area contributed by atoms with Gasteiger partial charge >= 0.3 is 0 Å². The summed E-state index contributed by atoms with van der Waals surface area (Å²) in [4.78, 5) is 11.9. The summed E-state index contributed by atoms with van der Waals surface area (Å²) in [6, 6.07) is 11.9. The zero-order valence-corrected chi connectivity index (χ0v) is 12.3. The molecule has 3 N–H and O–H groups in total. The first-order chi connectivity index (χ1) is 10.6. The Bertz CT molecular complexity index is 788. The van der Waals surface area contributed by atoms with Crippen LogP contribution >= 0.6 is 0 Å². The monoisotopic (exact) mass is 298 g/mol. The first kappa shape index (κ1) is 14.3. The van der Waals surface area contributed by atoms with Gasteiger partial charge in [0.25, 0.3) is 5.91 Å². The third-order valence-corrected chi connectivity index (χ3v) is 3.44. The van der Waals surface area contributed by atoms with Crippen molar-refractivity contribution in [3.05, 3.63) is 54.0 Å². The highest BCUT2D eigenvalue weighted by molar-refractivity contribution is 5.92. The van der Waals surface area contributed by atoms with Gasteiger partial charge in [-0.3, -0.25) is 9.89 Å². The number of aromatic nitrogens is 3. The van der Waals surface area contributed by atoms with E-state index in [1.807, 2.05) is 18.3 Å². The van der Waals surface area contributed by atoms with Gasteiger partial charge in [0.05, 0.1) is 18.3 Å². The van der Waals surface area contributed by atoms with Crippen molar-refractivity contribution in [3.8, 4) is 0 Å². The number of carbonyl (C=O) groups excluding carboxylic acids is 1. The lowest BCUT2D eigenvalue weighted by Gasteiger charge is -2.04. The molecule has 1 amide bonds. The van der Waals surface area contributed by atoms with Gasteiger partial charge in [-0.2, -0.15) is 5.10 Å². The second-order valence-corrected chi connectivity index (χ2v) is 5.34. The van der Waals surface area contributed by atoms with E-state index >= 15 is 0 Å². The number of aliphatic hydroxyl groups excluding tert-OH is 1. The van der Waals surface area contributed by atoms with Crippen LogP contribution in [0, 0.1) is 0 Å². The van der Waals surface area contributed by atoms with Gasteiger partial charge < -0.3 is 15.0 Å². The Morgan fingerprint density at radius 2 is 2.23 bits per heavy atom. The van der Waals surface area contributed by atoms with Crippen LogP contribution in [0.15, 0.2) is 42.6 Å². The molecule has 114 valence electrons. The van der Waals surface area contributed by atoms with Gasteiger partial charge in [0, 0.05) is 18.3 Å². The summed E-state index contributed by atoms with van der Waals surface area (Å²) in [6.07, 6.45) is 1.44. The fourth-order valence-electron chi connectivity index (χ4n) is 2.35. The minimum Gasteiger partial charge on any atom is -0.392 e. The lowest BCUT2D eigenvalue weighted by molar-refractivity contribution is 0.0919. The number of nitrogens with one attached hydrogen (secondary N) is 2. The first-order valence-electron chi connectivity index (χ1n) is 7.18. The Morgan fingerprint density at radius 3 is 3.05 bits per heavy atom. The van der Waals surface area contributed by atoms with E-state index in [9.17, 15) is 9.90 Å². The molecule has 0 spiro atoms. The summed E-state index contributed by atoms with van der Waals surface area (Å²) in [6.45, 7) is 2.45. The predicted molar refractivity (Wildman–Crippen MR) is 83.6 cm³/mol. The maximum Gasteiger partial charge on any atom is 0.271 e. The topological polar surface area (TPSA) is 82.9 Å². The SMILES string of the molecule is C[C@H](O)CNC(=O)c1cc(Cn2ccc3ccccc32)[nH]n1. The van der Waals surface area contributed by atoms with E-state index in [4.69, 9.17) is 0 Å². The molecule has 0 fully saturated rings. The molecule has 22 heavy (non-hydrogen) atoms. The summed E-state index contributed by atoms with van der Waals surface area (Å²) in [5.41, 5.74) is 2.31. The van der Waals surface area contributed by atoms with Crippen LogP contribution in [0.4, 0.5) is 0 Å². The van der Waals surface area contributed by atoms with Crippen molar-refractivity contribution in [1.82, 2.24) is 20.1 Å². The molecule has 1 atom stereocenters. The molecule has 0 bridgehead atoms. The van der Waals surface area contributed by atoms with Crippen LogP contribution in [0.2, 0.25) is 0 Å². The van der Waals surface area contributed by atoms with Gasteiger partial charge in [0.2, 0.25) is 0 Å². The molecule has 1 aromatic carbocycles. The molecule has 0 unspecified atom stereocenters. The van der Waals surface area contributed by atoms with Crippen molar-refractivity contribution in [1.29, 1.82) is 0 Å². The summed E-state index contributed by atoms with van der Waals surface area (Å²) in [5.74, 6) is -0.291. The van der Waals surface area contributed by atoms with Gasteiger partial charge in [-0.05, 0) is 30.5 Å². The Hall–Kier alpha value is -2.60. The van der Waals surface area contributed by atoms with Crippen molar-refractivity contribution in [2.75, 3.05) is 6.54 Å². The van der Waals surface area contributed by atoms with Crippen molar-refractivity contribution < 1.29 is 9.90 Å². The fraction of sp³-hybridized carbons (Fsp3) is 0.250. The summed E-state index contributed by atoms with van der Waals surface area (Å²) in [5, 5.41) is 19.9. The van der Waals surface area contributed by atoms with Crippen LogP contribution in [0.3, 0.4) is 0 Å². The fourth-order valence-corrected chi connectivity index (χ4v) is 2.35. The van der Waals surface area contributed by atoms with E-state index < -0.39 is 6.10 Å². The molecular formula is C16H18N4O2. The van der Waals surface area contributed by atoms with Crippen LogP contribution in [-0.4, -0.2) is 38.4 Å². The van der Waals surface area contributed by atoms with E-state index in [0.717, 1.165) is 11.2 Å². The largest absolute Gasteiger partial charge is 0.392 e. The number of hydrogen-bond donors (Lipinski definition) is 3. The number of aromatic amines is 1. The normalized spacial score (nSPS) is 12.5. The molecule has 6 nitrogen and oxygen atoms in total. The highest BCUT2D eigenvalue weighted by atomic mass is 16.3. The van der Waals surface area contributed by atoms with E-state index in [1.165, 1.54) is 5.39 Å². The minimum atomic E-state index is -0.575. The molecular weight excluding hydrogens is 280 g/mol. The zero-order chi connectivity index (χ0) is 15.5. The number of hydrogen-bond acceptors (Lipinski definition) is 3. The van der Waals surface area contributed by atoms with Gasteiger partial charge in [0.15, 0.2) is 0 Å². The standard InChI is InChI=1S/C16H18N4O2/c1-11(21)9-17-16(22)14-8-13(18-19-14)10-20-7-6-12-4-2-3-5-15(12)20/h2-8,11,21H,9-10H2,1H3,(H,17,22)(H,18,19)/t11-/m0/s1. The highest BCUT2D eigenvalue weighted by Gasteiger charge is 2.11. The number of rotatable bonds is 5. The average molecular weight is 298 g/mol. The molecule has 0 aliphatic heterocycles. The maximum atomic E-state index is 11.9. The lowest BCUT2D eigenvalue weighted by Crippen LogP contribution is -2.30. The molecule has 0 radical (unpaired) electrons. The first-order valence-corrected chi connectivity index (χ1v) is 7.18. The van der Waals surface area contributed by atoms with Crippen molar-refractivity contribution >= 4 is 16.8 Å². The average Bonchev–Trinajstić information content (AvgIpc) is 3.13. The van der Waals surface area contributed by atoms with Crippen LogP contribution in [0.1, 0.15) is 23.1 Å². The molecule has 0 saturated carbocycles. The number of H-pyrrole nitrogens is 1. The van der Waals surface area contributed by atoms with Crippen LogP contribution < -0.4 is 5.32 Å². The van der Waals surface area contributed by atoms with Crippen molar-refractivity contribution in [2.45, 2.75) is 19.6 Å². The van der Waals surface area contributed by atoms with E-state index in [-0.39, 0.29) is 12.5 Å². The van der Waals surface area contributed by atoms with Crippen LogP contribution in [-0.2, 0) is 6.54 Å².